The van der Waals surface area contributed by atoms with E-state index >= 15 is 0 Å². The molecule has 1 heterocycles. The Hall–Kier alpha value is -2.85. The van der Waals surface area contributed by atoms with Crippen molar-refractivity contribution < 1.29 is 28.1 Å². The first-order valence-electron chi connectivity index (χ1n) is 10.6. The maximum atomic E-state index is 13.8. The Balaban J connectivity index is 2.00. The lowest BCUT2D eigenvalue weighted by Crippen LogP contribution is -2.36. The van der Waals surface area contributed by atoms with Gasteiger partial charge in [-0.2, -0.15) is 5.10 Å². The van der Waals surface area contributed by atoms with Crippen LogP contribution in [0.1, 0.15) is 11.3 Å². The fraction of sp³-hybridized carbons (Fsp3) is 0.375. The van der Waals surface area contributed by atoms with Crippen LogP contribution < -0.4 is 4.74 Å². The van der Waals surface area contributed by atoms with Gasteiger partial charge >= 0.3 is 0 Å². The minimum atomic E-state index is -0.688. The van der Waals surface area contributed by atoms with Crippen molar-refractivity contribution in [3.05, 3.63) is 71.4 Å². The van der Waals surface area contributed by atoms with E-state index in [2.05, 4.69) is 5.10 Å². The van der Waals surface area contributed by atoms with Gasteiger partial charge in [0.05, 0.1) is 36.3 Å². The molecule has 0 spiro atoms. The summed E-state index contributed by atoms with van der Waals surface area (Å²) < 4.78 is 45.2. The number of aromatic nitrogens is 2. The summed E-state index contributed by atoms with van der Waals surface area (Å²) >= 11 is 0. The van der Waals surface area contributed by atoms with Crippen LogP contribution in [0.5, 0.6) is 11.6 Å². The van der Waals surface area contributed by atoms with Gasteiger partial charge in [-0.15, -0.1) is 0 Å². The topological polar surface area (TPSA) is 69.0 Å². The summed E-state index contributed by atoms with van der Waals surface area (Å²) in [7, 11) is 3.14. The maximum Gasteiger partial charge on any atom is 0.227 e. The van der Waals surface area contributed by atoms with Gasteiger partial charge in [-0.05, 0) is 43.3 Å². The van der Waals surface area contributed by atoms with Crippen molar-refractivity contribution in [2.75, 3.05) is 40.5 Å². The van der Waals surface area contributed by atoms with Crippen molar-refractivity contribution in [1.82, 2.24) is 14.7 Å². The first-order valence-corrected chi connectivity index (χ1v) is 10.6. The van der Waals surface area contributed by atoms with Crippen molar-refractivity contribution in [3.63, 3.8) is 0 Å². The Morgan fingerprint density at radius 2 is 1.82 bits per heavy atom. The number of aliphatic hydroxyl groups is 1. The number of methoxy groups -OCH3 is 2. The molecule has 3 aromatic rings. The predicted molar refractivity (Wildman–Crippen MR) is 120 cm³/mol. The number of ether oxygens (including phenoxy) is 3. The highest BCUT2D eigenvalue weighted by Crippen LogP contribution is 2.32. The van der Waals surface area contributed by atoms with Crippen LogP contribution in [0.25, 0.3) is 5.69 Å². The molecule has 2 aromatic carbocycles. The molecular weight excluding hydrogens is 432 g/mol. The van der Waals surface area contributed by atoms with E-state index in [1.807, 2.05) is 11.8 Å². The first kappa shape index (κ1) is 24.8. The summed E-state index contributed by atoms with van der Waals surface area (Å²) in [6, 6.07) is 11.7. The number of hydrogen-bond donors (Lipinski definition) is 1. The Bertz CT molecular complexity index is 1030. The van der Waals surface area contributed by atoms with Gasteiger partial charge in [-0.1, -0.05) is 6.07 Å². The molecule has 0 amide bonds. The highest BCUT2D eigenvalue weighted by molar-refractivity contribution is 5.43. The van der Waals surface area contributed by atoms with E-state index < -0.39 is 11.9 Å². The summed E-state index contributed by atoms with van der Waals surface area (Å²) in [6.07, 6.45) is -0.688. The molecule has 1 aromatic heterocycles. The molecule has 7 nitrogen and oxygen atoms in total. The van der Waals surface area contributed by atoms with Gasteiger partial charge in [-0.25, -0.2) is 13.5 Å². The van der Waals surface area contributed by atoms with E-state index in [0.29, 0.717) is 49.3 Å². The molecule has 0 aliphatic heterocycles. The van der Waals surface area contributed by atoms with Crippen molar-refractivity contribution in [1.29, 1.82) is 0 Å². The minimum Gasteiger partial charge on any atom is -0.438 e. The second kappa shape index (κ2) is 11.9. The largest absolute Gasteiger partial charge is 0.438 e. The molecule has 0 fully saturated rings. The van der Waals surface area contributed by atoms with Crippen LogP contribution in [0, 0.1) is 18.6 Å². The first-order chi connectivity index (χ1) is 15.9. The molecule has 178 valence electrons. The van der Waals surface area contributed by atoms with Gasteiger partial charge in [0, 0.05) is 39.9 Å². The normalized spacial score (nSPS) is 12.3. The molecule has 0 saturated heterocycles. The molecule has 3 rings (SSSR count). The van der Waals surface area contributed by atoms with Crippen molar-refractivity contribution in [2.45, 2.75) is 19.6 Å². The number of halogens is 2. The quantitative estimate of drug-likeness (QED) is 0.444. The number of benzene rings is 2. The highest BCUT2D eigenvalue weighted by atomic mass is 19.1. The second-order valence-electron chi connectivity index (χ2n) is 7.65. The van der Waals surface area contributed by atoms with E-state index in [1.165, 1.54) is 31.4 Å². The lowest BCUT2D eigenvalue weighted by atomic mass is 10.2. The molecule has 0 saturated carbocycles. The lowest BCUT2D eigenvalue weighted by Gasteiger charge is -2.25. The van der Waals surface area contributed by atoms with Gasteiger partial charge in [0.15, 0.2) is 0 Å². The zero-order valence-electron chi connectivity index (χ0n) is 19.0. The zero-order chi connectivity index (χ0) is 23.8. The van der Waals surface area contributed by atoms with E-state index in [9.17, 15) is 13.9 Å². The molecular formula is C24H29F2N3O4. The molecule has 1 unspecified atom stereocenters. The summed E-state index contributed by atoms with van der Waals surface area (Å²) in [5.74, 6) is -0.105. The average Bonchev–Trinajstić information content (AvgIpc) is 3.08. The minimum absolute atomic E-state index is 0.198. The summed E-state index contributed by atoms with van der Waals surface area (Å²) in [5, 5.41) is 14.9. The molecule has 1 atom stereocenters. The smallest absolute Gasteiger partial charge is 0.227 e. The fourth-order valence-electron chi connectivity index (χ4n) is 3.45. The fourth-order valence-corrected chi connectivity index (χ4v) is 3.45. The van der Waals surface area contributed by atoms with E-state index in [0.717, 1.165) is 5.56 Å². The van der Waals surface area contributed by atoms with Gasteiger partial charge in [0.25, 0.3) is 0 Å². The summed E-state index contributed by atoms with van der Waals surface area (Å²) in [4.78, 5) is 2.00. The number of nitrogens with zero attached hydrogens (tertiary/aromatic N) is 3. The van der Waals surface area contributed by atoms with Gasteiger partial charge in [-0.3, -0.25) is 4.90 Å². The molecule has 0 aliphatic carbocycles. The summed E-state index contributed by atoms with van der Waals surface area (Å²) in [5.41, 5.74) is 2.04. The monoisotopic (exact) mass is 461 g/mol. The van der Waals surface area contributed by atoms with Gasteiger partial charge in [0.1, 0.15) is 17.4 Å². The van der Waals surface area contributed by atoms with E-state index in [4.69, 9.17) is 14.2 Å². The molecule has 9 heteroatoms. The maximum absolute atomic E-state index is 13.8. The standard InChI is InChI=1S/C24H29F2N3O4/c1-17-23(15-28(11-12-31-2)14-21(30)16-32-3)24(33-22-6-4-5-19(26)13-22)29(27-17)20-9-7-18(25)8-10-20/h4-10,13,21,30H,11-12,14-16H2,1-3H3. The summed E-state index contributed by atoms with van der Waals surface area (Å²) in [6.45, 7) is 3.79. The SMILES string of the molecule is COCCN(Cc1c(C)nn(-c2ccc(F)cc2)c1Oc1cccc(F)c1)CC(O)COC. The Morgan fingerprint density at radius 3 is 2.48 bits per heavy atom. The van der Waals surface area contributed by atoms with Crippen LogP contribution in [-0.4, -0.2) is 66.4 Å². The predicted octanol–water partition coefficient (Wildman–Crippen LogP) is 3.71. The molecule has 0 aliphatic rings. The van der Waals surface area contributed by atoms with Crippen LogP contribution in [0.3, 0.4) is 0 Å². The van der Waals surface area contributed by atoms with Gasteiger partial charge < -0.3 is 19.3 Å². The van der Waals surface area contributed by atoms with Crippen molar-refractivity contribution >= 4 is 0 Å². The van der Waals surface area contributed by atoms with E-state index in [1.54, 1.807) is 36.1 Å². The van der Waals surface area contributed by atoms with Crippen LogP contribution >= 0.6 is 0 Å². The molecule has 0 bridgehead atoms. The number of aliphatic hydroxyl groups excluding tert-OH is 1. The molecule has 0 radical (unpaired) electrons. The second-order valence-corrected chi connectivity index (χ2v) is 7.65. The van der Waals surface area contributed by atoms with Crippen LogP contribution in [0.15, 0.2) is 48.5 Å². The van der Waals surface area contributed by atoms with E-state index in [-0.39, 0.29) is 12.4 Å². The van der Waals surface area contributed by atoms with Gasteiger partial charge in [0.2, 0.25) is 5.88 Å². The molecule has 33 heavy (non-hydrogen) atoms. The van der Waals surface area contributed by atoms with Crippen LogP contribution in [0.2, 0.25) is 0 Å². The number of aryl methyl sites for hydroxylation is 1. The zero-order valence-corrected chi connectivity index (χ0v) is 19.0. The van der Waals surface area contributed by atoms with Crippen molar-refractivity contribution in [2.24, 2.45) is 0 Å². The number of hydrogen-bond acceptors (Lipinski definition) is 6. The number of rotatable bonds is 12. The van der Waals surface area contributed by atoms with Crippen LogP contribution in [-0.2, 0) is 16.0 Å². The highest BCUT2D eigenvalue weighted by Gasteiger charge is 2.23. The Labute approximate surface area is 192 Å². The third-order valence-corrected chi connectivity index (χ3v) is 5.04. The molecule has 1 N–H and O–H groups in total. The Kier molecular flexibility index (Phi) is 8.90. The lowest BCUT2D eigenvalue weighted by molar-refractivity contribution is 0.0291. The third-order valence-electron chi connectivity index (χ3n) is 5.04. The average molecular weight is 462 g/mol. The van der Waals surface area contributed by atoms with Crippen LogP contribution in [0.4, 0.5) is 8.78 Å². The third kappa shape index (κ3) is 6.82. The van der Waals surface area contributed by atoms with Crippen molar-refractivity contribution in [3.8, 4) is 17.3 Å². The Morgan fingerprint density at radius 1 is 1.06 bits per heavy atom.